The monoisotopic (exact) mass is 218 g/mol. The lowest BCUT2D eigenvalue weighted by atomic mass is 10.3. The minimum absolute atomic E-state index is 0.0204. The summed E-state index contributed by atoms with van der Waals surface area (Å²) >= 11 is 3.97. The van der Waals surface area contributed by atoms with Gasteiger partial charge in [0.1, 0.15) is 0 Å². The first-order valence-corrected chi connectivity index (χ1v) is 5.42. The van der Waals surface area contributed by atoms with Gasteiger partial charge in [0.25, 0.3) is 0 Å². The van der Waals surface area contributed by atoms with E-state index in [1.54, 1.807) is 0 Å². The molecule has 0 unspecified atom stereocenters. The number of primary amides is 1. The first kappa shape index (κ1) is 13.3. The maximum atomic E-state index is 11.5. The molecule has 0 heterocycles. The Labute approximate surface area is 90.2 Å². The summed E-state index contributed by atoms with van der Waals surface area (Å²) < 4.78 is 0. The van der Waals surface area contributed by atoms with E-state index in [0.717, 1.165) is 12.8 Å². The molecule has 0 rings (SSSR count). The number of nitrogens with zero attached hydrogens (tertiary/aromatic N) is 1. The molecule has 0 fully saturated rings. The number of unbranched alkanes of at least 4 members (excludes halogenated alkanes) is 1. The van der Waals surface area contributed by atoms with Crippen molar-refractivity contribution in [2.75, 3.05) is 18.8 Å². The van der Waals surface area contributed by atoms with Gasteiger partial charge in [0.15, 0.2) is 0 Å². The van der Waals surface area contributed by atoms with E-state index in [2.05, 4.69) is 12.6 Å². The van der Waals surface area contributed by atoms with E-state index in [4.69, 9.17) is 5.73 Å². The highest BCUT2D eigenvalue weighted by Crippen LogP contribution is 1.99. The van der Waals surface area contributed by atoms with Gasteiger partial charge in [-0.1, -0.05) is 13.3 Å². The molecule has 0 aromatic rings. The number of carbonyl (C=O) groups excluding carboxylic acids is 2. The number of amides is 2. The van der Waals surface area contributed by atoms with Gasteiger partial charge in [-0.3, -0.25) is 9.59 Å². The minimum atomic E-state index is -0.464. The van der Waals surface area contributed by atoms with Crippen molar-refractivity contribution in [1.82, 2.24) is 4.90 Å². The molecule has 5 heteroatoms. The number of thiol groups is 1. The van der Waals surface area contributed by atoms with Gasteiger partial charge in [0, 0.05) is 13.0 Å². The molecule has 4 nitrogen and oxygen atoms in total. The Balaban J connectivity index is 4.08. The van der Waals surface area contributed by atoms with Gasteiger partial charge in [-0.05, 0) is 12.2 Å². The Bertz CT molecular complexity index is 197. The number of nitrogens with two attached hydrogens (primary N) is 1. The van der Waals surface area contributed by atoms with E-state index in [0.29, 0.717) is 18.7 Å². The molecule has 0 aliphatic carbocycles. The summed E-state index contributed by atoms with van der Waals surface area (Å²) in [6.45, 7) is 2.66. The lowest BCUT2D eigenvalue weighted by Gasteiger charge is -2.20. The third-order valence-electron chi connectivity index (χ3n) is 1.81. The molecule has 0 aromatic carbocycles. The second kappa shape index (κ2) is 7.67. The average Bonchev–Trinajstić information content (AvgIpc) is 2.12. The second-order valence-corrected chi connectivity index (χ2v) is 3.56. The summed E-state index contributed by atoms with van der Waals surface area (Å²) in [6.07, 6.45) is 2.25. The summed E-state index contributed by atoms with van der Waals surface area (Å²) in [6, 6.07) is 0. The number of hydrogen-bond acceptors (Lipinski definition) is 3. The molecular formula is C9H18N2O2S. The van der Waals surface area contributed by atoms with Crippen LogP contribution in [0.15, 0.2) is 0 Å². The SMILES string of the molecule is CCCCN(CC(N)=O)C(=O)CCS. The van der Waals surface area contributed by atoms with Crippen LogP contribution in [0.3, 0.4) is 0 Å². The van der Waals surface area contributed by atoms with Crippen LogP contribution in [0.5, 0.6) is 0 Å². The number of rotatable bonds is 7. The largest absolute Gasteiger partial charge is 0.368 e. The first-order valence-electron chi connectivity index (χ1n) is 4.78. The molecular weight excluding hydrogens is 200 g/mol. The molecule has 82 valence electrons. The summed E-state index contributed by atoms with van der Waals surface area (Å²) in [5.41, 5.74) is 5.05. The van der Waals surface area contributed by atoms with Crippen molar-refractivity contribution in [3.05, 3.63) is 0 Å². The van der Waals surface area contributed by atoms with E-state index in [-0.39, 0.29) is 12.5 Å². The molecule has 0 aliphatic heterocycles. The summed E-state index contributed by atoms with van der Waals surface area (Å²) in [7, 11) is 0. The molecule has 2 N–H and O–H groups in total. The van der Waals surface area contributed by atoms with Crippen LogP contribution >= 0.6 is 12.6 Å². The van der Waals surface area contributed by atoms with Crippen LogP contribution in [0.4, 0.5) is 0 Å². The van der Waals surface area contributed by atoms with Crippen LogP contribution in [-0.2, 0) is 9.59 Å². The molecule has 2 amide bonds. The molecule has 0 aromatic heterocycles. The maximum Gasteiger partial charge on any atom is 0.237 e. The Morgan fingerprint density at radius 3 is 2.50 bits per heavy atom. The van der Waals surface area contributed by atoms with Crippen molar-refractivity contribution in [2.24, 2.45) is 5.73 Å². The first-order chi connectivity index (χ1) is 6.61. The third kappa shape index (κ3) is 5.85. The zero-order valence-corrected chi connectivity index (χ0v) is 9.43. The molecule has 0 spiro atoms. The van der Waals surface area contributed by atoms with E-state index >= 15 is 0 Å². The Hall–Kier alpha value is -0.710. The Morgan fingerprint density at radius 1 is 1.43 bits per heavy atom. The van der Waals surface area contributed by atoms with E-state index in [9.17, 15) is 9.59 Å². The van der Waals surface area contributed by atoms with Gasteiger partial charge >= 0.3 is 0 Å². The van der Waals surface area contributed by atoms with Crippen molar-refractivity contribution < 1.29 is 9.59 Å². The molecule has 0 aliphatic rings. The quantitative estimate of drug-likeness (QED) is 0.608. The topological polar surface area (TPSA) is 63.4 Å². The van der Waals surface area contributed by atoms with Gasteiger partial charge in [-0.15, -0.1) is 0 Å². The van der Waals surface area contributed by atoms with Crippen LogP contribution in [0.1, 0.15) is 26.2 Å². The molecule has 0 saturated carbocycles. The van der Waals surface area contributed by atoms with Crippen LogP contribution in [0.25, 0.3) is 0 Å². The van der Waals surface area contributed by atoms with E-state index < -0.39 is 5.91 Å². The molecule has 0 radical (unpaired) electrons. The Morgan fingerprint density at radius 2 is 2.07 bits per heavy atom. The molecule has 0 saturated heterocycles. The van der Waals surface area contributed by atoms with Crippen molar-refractivity contribution in [3.63, 3.8) is 0 Å². The van der Waals surface area contributed by atoms with Gasteiger partial charge in [0.2, 0.25) is 11.8 Å². The van der Waals surface area contributed by atoms with Gasteiger partial charge < -0.3 is 10.6 Å². The predicted octanol–water partition coefficient (Wildman–Crippen LogP) is 0.420. The van der Waals surface area contributed by atoms with E-state index in [1.807, 2.05) is 6.92 Å². The second-order valence-electron chi connectivity index (χ2n) is 3.11. The molecule has 0 bridgehead atoms. The molecule has 14 heavy (non-hydrogen) atoms. The lowest BCUT2D eigenvalue weighted by Crippen LogP contribution is -2.39. The van der Waals surface area contributed by atoms with Crippen LogP contribution in [0.2, 0.25) is 0 Å². The highest BCUT2D eigenvalue weighted by atomic mass is 32.1. The van der Waals surface area contributed by atoms with Crippen molar-refractivity contribution >= 4 is 24.4 Å². The van der Waals surface area contributed by atoms with Crippen molar-refractivity contribution in [1.29, 1.82) is 0 Å². The molecule has 0 atom stereocenters. The standard InChI is InChI=1S/C9H18N2O2S/c1-2-3-5-11(7-8(10)12)9(13)4-6-14/h14H,2-7H2,1H3,(H2,10,12). The van der Waals surface area contributed by atoms with E-state index in [1.165, 1.54) is 4.90 Å². The maximum absolute atomic E-state index is 11.5. The summed E-state index contributed by atoms with van der Waals surface area (Å²) in [5.74, 6) is -0.0129. The third-order valence-corrected chi connectivity index (χ3v) is 2.03. The number of carbonyl (C=O) groups is 2. The fourth-order valence-corrected chi connectivity index (χ4v) is 1.27. The summed E-state index contributed by atoms with van der Waals surface area (Å²) in [5, 5.41) is 0. The summed E-state index contributed by atoms with van der Waals surface area (Å²) in [4.78, 5) is 23.6. The average molecular weight is 218 g/mol. The van der Waals surface area contributed by atoms with Crippen LogP contribution < -0.4 is 5.73 Å². The van der Waals surface area contributed by atoms with Gasteiger partial charge in [-0.25, -0.2) is 0 Å². The van der Waals surface area contributed by atoms with Gasteiger partial charge in [-0.2, -0.15) is 12.6 Å². The smallest absolute Gasteiger partial charge is 0.237 e. The highest BCUT2D eigenvalue weighted by Gasteiger charge is 2.13. The highest BCUT2D eigenvalue weighted by molar-refractivity contribution is 7.80. The number of hydrogen-bond donors (Lipinski definition) is 2. The van der Waals surface area contributed by atoms with Gasteiger partial charge in [0.05, 0.1) is 6.54 Å². The predicted molar refractivity (Wildman–Crippen MR) is 59.2 cm³/mol. The lowest BCUT2D eigenvalue weighted by molar-refractivity contribution is -0.134. The normalized spacial score (nSPS) is 9.86. The zero-order chi connectivity index (χ0) is 11.0. The fraction of sp³-hybridized carbons (Fsp3) is 0.778. The van der Waals surface area contributed by atoms with Crippen LogP contribution in [-0.4, -0.2) is 35.6 Å². The van der Waals surface area contributed by atoms with Crippen molar-refractivity contribution in [2.45, 2.75) is 26.2 Å². The fourth-order valence-electron chi connectivity index (χ4n) is 1.08. The Kier molecular flexibility index (Phi) is 7.28. The zero-order valence-electron chi connectivity index (χ0n) is 8.53. The minimum Gasteiger partial charge on any atom is -0.368 e. The van der Waals surface area contributed by atoms with Crippen LogP contribution in [0, 0.1) is 0 Å². The van der Waals surface area contributed by atoms with Crippen molar-refractivity contribution in [3.8, 4) is 0 Å².